The first-order valence-electron chi connectivity index (χ1n) is 7.14. The molecule has 1 aromatic carbocycles. The molecule has 0 fully saturated rings. The normalized spacial score (nSPS) is 12.6. The van der Waals surface area contributed by atoms with E-state index < -0.39 is 0 Å². The molecule has 2 rings (SSSR count). The molecule has 0 aliphatic carbocycles. The van der Waals surface area contributed by atoms with Crippen molar-refractivity contribution >= 4 is 0 Å². The highest BCUT2D eigenvalue weighted by Crippen LogP contribution is 2.13. The van der Waals surface area contributed by atoms with Gasteiger partial charge in [-0.2, -0.15) is 5.10 Å². The third-order valence-electron chi connectivity index (χ3n) is 3.59. The summed E-state index contributed by atoms with van der Waals surface area (Å²) in [6, 6.07) is 9.33. The number of aromatic nitrogens is 2. The fourth-order valence-corrected chi connectivity index (χ4v) is 2.46. The fraction of sp³-hybridized carbons (Fsp3) is 0.438. The largest absolute Gasteiger partial charge is 0.314 e. The lowest BCUT2D eigenvalue weighted by Crippen LogP contribution is -2.32. The summed E-state index contributed by atoms with van der Waals surface area (Å²) in [6.07, 6.45) is 4.46. The molecule has 0 aliphatic heterocycles. The van der Waals surface area contributed by atoms with Gasteiger partial charge in [-0.05, 0) is 43.5 Å². The number of hydrogen-bond donors (Lipinski definition) is 1. The maximum Gasteiger partial charge on any atom is 0.126 e. The second kappa shape index (κ2) is 7.20. The zero-order valence-electron chi connectivity index (χ0n) is 12.1. The van der Waals surface area contributed by atoms with E-state index >= 15 is 0 Å². The lowest BCUT2D eigenvalue weighted by Gasteiger charge is -2.18. The van der Waals surface area contributed by atoms with Crippen molar-refractivity contribution in [2.75, 3.05) is 6.54 Å². The summed E-state index contributed by atoms with van der Waals surface area (Å²) in [5, 5.41) is 7.62. The van der Waals surface area contributed by atoms with Crippen LogP contribution in [-0.2, 0) is 19.9 Å². The van der Waals surface area contributed by atoms with Gasteiger partial charge in [0.25, 0.3) is 0 Å². The lowest BCUT2D eigenvalue weighted by atomic mass is 10.0. The molecule has 1 unspecified atom stereocenters. The summed E-state index contributed by atoms with van der Waals surface area (Å²) in [4.78, 5) is 0. The maximum absolute atomic E-state index is 13.7. The molecule has 0 saturated heterocycles. The van der Waals surface area contributed by atoms with Crippen LogP contribution in [0.25, 0.3) is 0 Å². The van der Waals surface area contributed by atoms with Crippen molar-refractivity contribution in [3.8, 4) is 0 Å². The molecule has 0 radical (unpaired) electrons. The van der Waals surface area contributed by atoms with Crippen LogP contribution in [0.4, 0.5) is 4.39 Å². The molecule has 20 heavy (non-hydrogen) atoms. The van der Waals surface area contributed by atoms with Gasteiger partial charge >= 0.3 is 0 Å². The average Bonchev–Trinajstić information content (AvgIpc) is 2.84. The van der Waals surface area contributed by atoms with Gasteiger partial charge in [0, 0.05) is 25.0 Å². The number of hydrogen-bond acceptors (Lipinski definition) is 2. The van der Waals surface area contributed by atoms with E-state index in [4.69, 9.17) is 0 Å². The van der Waals surface area contributed by atoms with E-state index in [0.29, 0.717) is 0 Å². The van der Waals surface area contributed by atoms with Crippen molar-refractivity contribution in [1.29, 1.82) is 0 Å². The number of halogens is 1. The minimum absolute atomic E-state index is 0.115. The summed E-state index contributed by atoms with van der Waals surface area (Å²) >= 11 is 0. The smallest absolute Gasteiger partial charge is 0.126 e. The molecule has 108 valence electrons. The van der Waals surface area contributed by atoms with Gasteiger partial charge < -0.3 is 5.32 Å². The molecular formula is C16H22FN3. The molecule has 0 saturated carbocycles. The molecule has 4 heteroatoms. The Morgan fingerprint density at radius 1 is 1.30 bits per heavy atom. The van der Waals surface area contributed by atoms with Crippen molar-refractivity contribution in [1.82, 2.24) is 15.1 Å². The molecule has 0 amide bonds. The highest BCUT2D eigenvalue weighted by molar-refractivity contribution is 5.18. The standard InChI is InChI=1S/C16H22FN3/c1-3-18-14(8-9-15-10-11-19-20(15)2)12-13-6-4-5-7-16(13)17/h4-7,10-11,14,18H,3,8-9,12H2,1-2H3. The van der Waals surface area contributed by atoms with Crippen molar-refractivity contribution in [2.45, 2.75) is 32.2 Å². The van der Waals surface area contributed by atoms with Gasteiger partial charge in [-0.25, -0.2) is 4.39 Å². The maximum atomic E-state index is 13.7. The predicted octanol–water partition coefficient (Wildman–Crippen LogP) is 2.71. The van der Waals surface area contributed by atoms with E-state index in [9.17, 15) is 4.39 Å². The third kappa shape index (κ3) is 3.90. The van der Waals surface area contributed by atoms with Crippen LogP contribution in [0.5, 0.6) is 0 Å². The Morgan fingerprint density at radius 3 is 2.75 bits per heavy atom. The van der Waals surface area contributed by atoms with Crippen molar-refractivity contribution in [3.63, 3.8) is 0 Å². The van der Waals surface area contributed by atoms with E-state index in [2.05, 4.69) is 17.3 Å². The van der Waals surface area contributed by atoms with Crippen molar-refractivity contribution in [2.24, 2.45) is 7.05 Å². The first-order valence-corrected chi connectivity index (χ1v) is 7.14. The summed E-state index contributed by atoms with van der Waals surface area (Å²) in [5.41, 5.74) is 1.99. The minimum Gasteiger partial charge on any atom is -0.314 e. The molecule has 2 aromatic rings. The second-order valence-corrected chi connectivity index (χ2v) is 5.03. The van der Waals surface area contributed by atoms with Crippen molar-refractivity contribution in [3.05, 3.63) is 53.6 Å². The van der Waals surface area contributed by atoms with Crippen LogP contribution < -0.4 is 5.32 Å². The number of nitrogens with zero attached hydrogens (tertiary/aromatic N) is 2. The number of nitrogens with one attached hydrogen (secondary N) is 1. The zero-order valence-corrected chi connectivity index (χ0v) is 12.1. The lowest BCUT2D eigenvalue weighted by molar-refractivity contribution is 0.474. The molecule has 1 heterocycles. The van der Waals surface area contributed by atoms with Gasteiger partial charge in [-0.3, -0.25) is 4.68 Å². The Hall–Kier alpha value is -1.68. The molecule has 1 atom stereocenters. The Morgan fingerprint density at radius 2 is 2.10 bits per heavy atom. The summed E-state index contributed by atoms with van der Waals surface area (Å²) in [5.74, 6) is -0.115. The van der Waals surface area contributed by atoms with Gasteiger partial charge in [0.15, 0.2) is 0 Å². The summed E-state index contributed by atoms with van der Waals surface area (Å²) in [7, 11) is 1.95. The molecular weight excluding hydrogens is 253 g/mol. The Bertz CT molecular complexity index is 536. The molecule has 0 bridgehead atoms. The van der Waals surface area contributed by atoms with Crippen LogP contribution >= 0.6 is 0 Å². The molecule has 0 aliphatic rings. The van der Waals surface area contributed by atoms with Crippen LogP contribution in [0, 0.1) is 5.82 Å². The van der Waals surface area contributed by atoms with Gasteiger partial charge in [-0.1, -0.05) is 25.1 Å². The summed E-state index contributed by atoms with van der Waals surface area (Å²) < 4.78 is 15.6. The van der Waals surface area contributed by atoms with Crippen LogP contribution in [0.1, 0.15) is 24.6 Å². The summed E-state index contributed by atoms with van der Waals surface area (Å²) in [6.45, 7) is 2.98. The molecule has 0 spiro atoms. The van der Waals surface area contributed by atoms with E-state index in [1.165, 1.54) is 11.8 Å². The SMILES string of the molecule is CCNC(CCc1ccnn1C)Cc1ccccc1F. The molecule has 3 nitrogen and oxygen atoms in total. The molecule has 1 aromatic heterocycles. The zero-order chi connectivity index (χ0) is 14.4. The van der Waals surface area contributed by atoms with E-state index in [1.807, 2.05) is 36.1 Å². The number of benzene rings is 1. The highest BCUT2D eigenvalue weighted by Gasteiger charge is 2.12. The first kappa shape index (κ1) is 14.7. The monoisotopic (exact) mass is 275 g/mol. The first-order chi connectivity index (χ1) is 9.70. The fourth-order valence-electron chi connectivity index (χ4n) is 2.46. The van der Waals surface area contributed by atoms with Gasteiger partial charge in [0.1, 0.15) is 5.82 Å². The Labute approximate surface area is 119 Å². The predicted molar refractivity (Wildman–Crippen MR) is 79.1 cm³/mol. The van der Waals surface area contributed by atoms with Crippen molar-refractivity contribution < 1.29 is 4.39 Å². The number of likely N-dealkylation sites (N-methyl/N-ethyl adjacent to an activating group) is 1. The topological polar surface area (TPSA) is 29.9 Å². The highest BCUT2D eigenvalue weighted by atomic mass is 19.1. The van der Waals surface area contributed by atoms with Gasteiger partial charge in [0.05, 0.1) is 0 Å². The van der Waals surface area contributed by atoms with Crippen LogP contribution in [0.15, 0.2) is 36.5 Å². The number of rotatable bonds is 7. The molecule has 1 N–H and O–H groups in total. The van der Waals surface area contributed by atoms with E-state index in [0.717, 1.165) is 31.4 Å². The second-order valence-electron chi connectivity index (χ2n) is 5.03. The third-order valence-corrected chi connectivity index (χ3v) is 3.59. The van der Waals surface area contributed by atoms with E-state index in [1.54, 1.807) is 6.07 Å². The van der Waals surface area contributed by atoms with Crippen LogP contribution in [0.2, 0.25) is 0 Å². The van der Waals surface area contributed by atoms with E-state index in [-0.39, 0.29) is 11.9 Å². The van der Waals surface area contributed by atoms with Crippen LogP contribution in [0.3, 0.4) is 0 Å². The van der Waals surface area contributed by atoms with Gasteiger partial charge in [0.2, 0.25) is 0 Å². The van der Waals surface area contributed by atoms with Gasteiger partial charge in [-0.15, -0.1) is 0 Å². The Balaban J connectivity index is 1.97. The average molecular weight is 275 g/mol. The quantitative estimate of drug-likeness (QED) is 0.842. The Kier molecular flexibility index (Phi) is 5.30. The minimum atomic E-state index is -0.115. The van der Waals surface area contributed by atoms with Crippen LogP contribution in [-0.4, -0.2) is 22.4 Å². The number of aryl methyl sites for hydroxylation is 2.